The Bertz CT molecular complexity index is 958. The van der Waals surface area contributed by atoms with Gasteiger partial charge in [0.2, 0.25) is 0 Å². The van der Waals surface area contributed by atoms with Crippen LogP contribution in [0.1, 0.15) is 5.69 Å². The molecule has 0 spiro atoms. The highest BCUT2D eigenvalue weighted by molar-refractivity contribution is 5.80. The van der Waals surface area contributed by atoms with Crippen molar-refractivity contribution in [2.24, 2.45) is 4.99 Å². The Balaban J connectivity index is 1.36. The van der Waals surface area contributed by atoms with Gasteiger partial charge in [0.25, 0.3) is 0 Å². The maximum atomic E-state index is 14.0. The number of benzene rings is 1. The maximum Gasteiger partial charge on any atom is 0.194 e. The number of halogens is 2. The van der Waals surface area contributed by atoms with E-state index in [4.69, 9.17) is 0 Å². The van der Waals surface area contributed by atoms with Crippen LogP contribution in [0.5, 0.6) is 0 Å². The Morgan fingerprint density at radius 3 is 2.71 bits per heavy atom. The van der Waals surface area contributed by atoms with Gasteiger partial charge in [0.05, 0.1) is 17.9 Å². The first-order chi connectivity index (χ1) is 13.6. The topological polar surface area (TPSA) is 48.2 Å². The molecule has 8 heteroatoms. The van der Waals surface area contributed by atoms with Crippen LogP contribution in [0.2, 0.25) is 0 Å². The monoisotopic (exact) mass is 384 g/mol. The van der Waals surface area contributed by atoms with E-state index in [1.165, 1.54) is 12.1 Å². The second kappa shape index (κ2) is 7.84. The summed E-state index contributed by atoms with van der Waals surface area (Å²) < 4.78 is 29.4. The van der Waals surface area contributed by atoms with Crippen LogP contribution in [0.4, 0.5) is 14.5 Å². The van der Waals surface area contributed by atoms with Crippen molar-refractivity contribution < 1.29 is 8.78 Å². The lowest BCUT2D eigenvalue weighted by molar-refractivity contribution is 0.370. The molecule has 0 saturated carbocycles. The van der Waals surface area contributed by atoms with E-state index in [0.29, 0.717) is 38.4 Å². The molecule has 1 N–H and O–H groups in total. The molecule has 0 unspecified atom stereocenters. The quantitative estimate of drug-likeness (QED) is 0.557. The maximum absolute atomic E-state index is 14.0. The van der Waals surface area contributed by atoms with E-state index < -0.39 is 11.6 Å². The van der Waals surface area contributed by atoms with Crippen molar-refractivity contribution in [2.45, 2.75) is 6.54 Å². The molecular weight excluding hydrogens is 362 g/mol. The summed E-state index contributed by atoms with van der Waals surface area (Å²) in [5.74, 6) is -0.0515. The van der Waals surface area contributed by atoms with Crippen molar-refractivity contribution >= 4 is 17.3 Å². The summed E-state index contributed by atoms with van der Waals surface area (Å²) in [6.45, 7) is 3.08. The number of imidazole rings is 1. The SMILES string of the molecule is CN=C(NCc1cn2ccccc2n1)N1CCN(c2cc(F)ccc2F)CC1. The highest BCUT2D eigenvalue weighted by atomic mass is 19.1. The van der Waals surface area contributed by atoms with Gasteiger partial charge in [-0.2, -0.15) is 0 Å². The van der Waals surface area contributed by atoms with E-state index >= 15 is 0 Å². The lowest BCUT2D eigenvalue weighted by atomic mass is 10.2. The van der Waals surface area contributed by atoms with Crippen molar-refractivity contribution in [2.75, 3.05) is 38.1 Å². The first kappa shape index (κ1) is 18.2. The minimum absolute atomic E-state index is 0.312. The van der Waals surface area contributed by atoms with E-state index in [1.807, 2.05) is 39.9 Å². The third kappa shape index (κ3) is 3.76. The number of guanidine groups is 1. The zero-order valence-corrected chi connectivity index (χ0v) is 15.6. The van der Waals surface area contributed by atoms with Gasteiger partial charge < -0.3 is 19.5 Å². The average molecular weight is 384 g/mol. The first-order valence-electron chi connectivity index (χ1n) is 9.22. The third-order valence-corrected chi connectivity index (χ3v) is 4.88. The molecule has 1 aliphatic rings. The summed E-state index contributed by atoms with van der Waals surface area (Å²) in [5, 5.41) is 3.34. The molecule has 1 saturated heterocycles. The Kier molecular flexibility index (Phi) is 5.10. The number of nitrogens with zero attached hydrogens (tertiary/aromatic N) is 5. The Morgan fingerprint density at radius 2 is 1.96 bits per heavy atom. The van der Waals surface area contributed by atoms with Gasteiger partial charge in [-0.1, -0.05) is 6.07 Å². The van der Waals surface area contributed by atoms with E-state index in [-0.39, 0.29) is 0 Å². The average Bonchev–Trinajstić information content (AvgIpc) is 3.14. The fourth-order valence-electron chi connectivity index (χ4n) is 3.46. The van der Waals surface area contributed by atoms with E-state index in [0.717, 1.165) is 23.4 Å². The number of piperazine rings is 1. The molecule has 2 aromatic heterocycles. The van der Waals surface area contributed by atoms with Crippen LogP contribution in [0.25, 0.3) is 5.65 Å². The summed E-state index contributed by atoms with van der Waals surface area (Å²) >= 11 is 0. The molecule has 4 rings (SSSR count). The van der Waals surface area contributed by atoms with Gasteiger partial charge in [-0.15, -0.1) is 0 Å². The summed E-state index contributed by atoms with van der Waals surface area (Å²) in [4.78, 5) is 12.9. The number of nitrogens with one attached hydrogen (secondary N) is 1. The third-order valence-electron chi connectivity index (χ3n) is 4.88. The molecule has 3 aromatic rings. The van der Waals surface area contributed by atoms with Crippen LogP contribution in [0.15, 0.2) is 53.8 Å². The summed E-state index contributed by atoms with van der Waals surface area (Å²) in [7, 11) is 1.74. The van der Waals surface area contributed by atoms with Crippen LogP contribution < -0.4 is 10.2 Å². The molecule has 1 fully saturated rings. The molecule has 6 nitrogen and oxygen atoms in total. The van der Waals surface area contributed by atoms with Crippen molar-refractivity contribution in [3.63, 3.8) is 0 Å². The van der Waals surface area contributed by atoms with Gasteiger partial charge in [0.15, 0.2) is 5.96 Å². The molecule has 0 atom stereocenters. The van der Waals surface area contributed by atoms with E-state index in [9.17, 15) is 8.78 Å². The molecule has 0 aliphatic carbocycles. The highest BCUT2D eigenvalue weighted by Gasteiger charge is 2.22. The Morgan fingerprint density at radius 1 is 1.14 bits per heavy atom. The summed E-state index contributed by atoms with van der Waals surface area (Å²) in [6.07, 6.45) is 3.95. The van der Waals surface area contributed by atoms with Gasteiger partial charge in [-0.3, -0.25) is 4.99 Å². The van der Waals surface area contributed by atoms with Crippen molar-refractivity contribution in [3.05, 3.63) is 66.1 Å². The summed E-state index contributed by atoms with van der Waals surface area (Å²) in [6, 6.07) is 9.45. The molecular formula is C20H22F2N6. The molecule has 0 radical (unpaired) electrons. The van der Waals surface area contributed by atoms with E-state index in [2.05, 4.69) is 20.2 Å². The zero-order chi connectivity index (χ0) is 19.5. The molecule has 146 valence electrons. The standard InChI is InChI=1S/C20H22F2N6/c1-23-20(24-13-16-14-28-7-3-2-4-19(28)25-16)27-10-8-26(9-11-27)18-12-15(21)5-6-17(18)22/h2-7,12,14H,8-11,13H2,1H3,(H,23,24). The number of aliphatic imine (C=N–C) groups is 1. The van der Waals surface area contributed by atoms with Crippen LogP contribution in [0, 0.1) is 11.6 Å². The number of aromatic nitrogens is 2. The lowest BCUT2D eigenvalue weighted by Gasteiger charge is -2.37. The number of rotatable bonds is 3. The highest BCUT2D eigenvalue weighted by Crippen LogP contribution is 2.22. The Labute approximate surface area is 162 Å². The number of hydrogen-bond donors (Lipinski definition) is 1. The fraction of sp³-hybridized carbons (Fsp3) is 0.300. The molecule has 0 amide bonds. The minimum atomic E-state index is -0.427. The minimum Gasteiger partial charge on any atom is -0.366 e. The predicted octanol–water partition coefficient (Wildman–Crippen LogP) is 2.51. The zero-order valence-electron chi connectivity index (χ0n) is 15.6. The van der Waals surface area contributed by atoms with Gasteiger partial charge in [-0.05, 0) is 24.3 Å². The lowest BCUT2D eigenvalue weighted by Crippen LogP contribution is -2.52. The van der Waals surface area contributed by atoms with Crippen LogP contribution >= 0.6 is 0 Å². The number of hydrogen-bond acceptors (Lipinski definition) is 3. The van der Waals surface area contributed by atoms with E-state index in [1.54, 1.807) is 7.05 Å². The van der Waals surface area contributed by atoms with Crippen LogP contribution in [-0.4, -0.2) is 53.5 Å². The van der Waals surface area contributed by atoms with Gasteiger partial charge in [-0.25, -0.2) is 13.8 Å². The first-order valence-corrected chi connectivity index (χ1v) is 9.22. The second-order valence-corrected chi connectivity index (χ2v) is 6.67. The van der Waals surface area contributed by atoms with Crippen molar-refractivity contribution in [3.8, 4) is 0 Å². The van der Waals surface area contributed by atoms with Gasteiger partial charge in [0.1, 0.15) is 17.3 Å². The van der Waals surface area contributed by atoms with Gasteiger partial charge in [0, 0.05) is 51.7 Å². The largest absolute Gasteiger partial charge is 0.366 e. The summed E-state index contributed by atoms with van der Waals surface area (Å²) in [5.41, 5.74) is 2.14. The molecule has 1 aromatic carbocycles. The number of pyridine rings is 1. The Hall–Kier alpha value is -3.16. The normalized spacial score (nSPS) is 15.3. The molecule has 28 heavy (non-hydrogen) atoms. The smallest absolute Gasteiger partial charge is 0.194 e. The molecule has 3 heterocycles. The predicted molar refractivity (Wildman–Crippen MR) is 106 cm³/mol. The molecule has 1 aliphatic heterocycles. The van der Waals surface area contributed by atoms with Crippen molar-refractivity contribution in [1.82, 2.24) is 19.6 Å². The van der Waals surface area contributed by atoms with Crippen LogP contribution in [-0.2, 0) is 6.54 Å². The number of anilines is 1. The van der Waals surface area contributed by atoms with Crippen LogP contribution in [0.3, 0.4) is 0 Å². The number of fused-ring (bicyclic) bond motifs is 1. The van der Waals surface area contributed by atoms with Gasteiger partial charge >= 0.3 is 0 Å². The second-order valence-electron chi connectivity index (χ2n) is 6.67. The van der Waals surface area contributed by atoms with Crippen molar-refractivity contribution in [1.29, 1.82) is 0 Å². The molecule has 0 bridgehead atoms. The fourth-order valence-corrected chi connectivity index (χ4v) is 3.46.